The van der Waals surface area contributed by atoms with Crippen molar-refractivity contribution in [3.63, 3.8) is 0 Å². The Morgan fingerprint density at radius 3 is 2.21 bits per heavy atom. The number of rotatable bonds is 0. The molecule has 0 bridgehead atoms. The standard InChI is InChI=1S/C13H16O/c1-9-7-11(3)13(8-10(9)2)6-5-12(4)14/h7-8,12,14H,1-4H3. The molecule has 74 valence electrons. The molecule has 1 unspecified atom stereocenters. The number of benzene rings is 1. The first kappa shape index (κ1) is 10.8. The predicted molar refractivity (Wildman–Crippen MR) is 59.2 cm³/mol. The molecule has 1 rings (SSSR count). The highest BCUT2D eigenvalue weighted by Gasteiger charge is 1.98. The molecule has 0 spiro atoms. The van der Waals surface area contributed by atoms with Crippen LogP contribution in [0.3, 0.4) is 0 Å². The molecular weight excluding hydrogens is 172 g/mol. The molecule has 0 saturated carbocycles. The van der Waals surface area contributed by atoms with E-state index in [1.54, 1.807) is 6.92 Å². The van der Waals surface area contributed by atoms with E-state index in [2.05, 4.69) is 37.8 Å². The van der Waals surface area contributed by atoms with Crippen LogP contribution >= 0.6 is 0 Å². The molecule has 14 heavy (non-hydrogen) atoms. The Kier molecular flexibility index (Phi) is 3.33. The maximum absolute atomic E-state index is 9.05. The second kappa shape index (κ2) is 4.30. The minimum absolute atomic E-state index is 0.559. The Labute approximate surface area is 85.8 Å². The van der Waals surface area contributed by atoms with Crippen molar-refractivity contribution in [1.82, 2.24) is 0 Å². The van der Waals surface area contributed by atoms with Crippen molar-refractivity contribution in [1.29, 1.82) is 0 Å². The van der Waals surface area contributed by atoms with Crippen LogP contribution in [0.4, 0.5) is 0 Å². The van der Waals surface area contributed by atoms with E-state index in [1.807, 2.05) is 6.92 Å². The van der Waals surface area contributed by atoms with Gasteiger partial charge in [0.05, 0.1) is 0 Å². The van der Waals surface area contributed by atoms with Crippen LogP contribution < -0.4 is 0 Å². The number of aliphatic hydroxyl groups is 1. The van der Waals surface area contributed by atoms with Gasteiger partial charge in [0, 0.05) is 5.56 Å². The zero-order chi connectivity index (χ0) is 10.7. The van der Waals surface area contributed by atoms with E-state index in [9.17, 15) is 0 Å². The molecule has 0 aliphatic heterocycles. The molecule has 1 N–H and O–H groups in total. The van der Waals surface area contributed by atoms with Gasteiger partial charge >= 0.3 is 0 Å². The quantitative estimate of drug-likeness (QED) is 0.620. The summed E-state index contributed by atoms with van der Waals surface area (Å²) in [6.07, 6.45) is -0.559. The Hall–Kier alpha value is -1.26. The average Bonchev–Trinajstić information content (AvgIpc) is 2.09. The van der Waals surface area contributed by atoms with Gasteiger partial charge < -0.3 is 5.11 Å². The van der Waals surface area contributed by atoms with Crippen LogP contribution in [0.15, 0.2) is 12.1 Å². The molecule has 0 fully saturated rings. The molecular formula is C13H16O. The highest BCUT2D eigenvalue weighted by molar-refractivity contribution is 5.46. The van der Waals surface area contributed by atoms with Crippen molar-refractivity contribution in [3.8, 4) is 11.8 Å². The van der Waals surface area contributed by atoms with E-state index < -0.39 is 6.10 Å². The third-order valence-corrected chi connectivity index (χ3v) is 2.26. The van der Waals surface area contributed by atoms with Crippen LogP contribution in [0, 0.1) is 32.6 Å². The summed E-state index contributed by atoms with van der Waals surface area (Å²) in [4.78, 5) is 0. The molecule has 0 saturated heterocycles. The number of hydrogen-bond acceptors (Lipinski definition) is 1. The van der Waals surface area contributed by atoms with E-state index in [-0.39, 0.29) is 0 Å². The molecule has 1 aromatic rings. The molecule has 0 aliphatic rings. The average molecular weight is 188 g/mol. The lowest BCUT2D eigenvalue weighted by atomic mass is 10.0. The van der Waals surface area contributed by atoms with Gasteiger partial charge in [0.1, 0.15) is 6.10 Å². The summed E-state index contributed by atoms with van der Waals surface area (Å²) in [5, 5.41) is 9.05. The monoisotopic (exact) mass is 188 g/mol. The lowest BCUT2D eigenvalue weighted by Gasteiger charge is -2.04. The van der Waals surface area contributed by atoms with E-state index >= 15 is 0 Å². The normalized spacial score (nSPS) is 11.8. The highest BCUT2D eigenvalue weighted by Crippen LogP contribution is 2.14. The summed E-state index contributed by atoms with van der Waals surface area (Å²) in [5.41, 5.74) is 4.70. The third-order valence-electron chi connectivity index (χ3n) is 2.26. The van der Waals surface area contributed by atoms with Crippen molar-refractivity contribution >= 4 is 0 Å². The maximum Gasteiger partial charge on any atom is 0.112 e. The van der Waals surface area contributed by atoms with E-state index in [1.165, 1.54) is 16.7 Å². The van der Waals surface area contributed by atoms with Gasteiger partial charge in [-0.05, 0) is 50.5 Å². The summed E-state index contributed by atoms with van der Waals surface area (Å²) in [5.74, 6) is 5.74. The third kappa shape index (κ3) is 2.61. The summed E-state index contributed by atoms with van der Waals surface area (Å²) in [7, 11) is 0. The van der Waals surface area contributed by atoms with Crippen molar-refractivity contribution in [2.75, 3.05) is 0 Å². The highest BCUT2D eigenvalue weighted by atomic mass is 16.3. The van der Waals surface area contributed by atoms with Gasteiger partial charge in [-0.2, -0.15) is 0 Å². The zero-order valence-corrected chi connectivity index (χ0v) is 9.18. The van der Waals surface area contributed by atoms with Gasteiger partial charge in [0.2, 0.25) is 0 Å². The lowest BCUT2D eigenvalue weighted by Crippen LogP contribution is -1.94. The fourth-order valence-electron chi connectivity index (χ4n) is 1.28. The van der Waals surface area contributed by atoms with Gasteiger partial charge in [-0.1, -0.05) is 17.9 Å². The molecule has 0 radical (unpaired) electrons. The van der Waals surface area contributed by atoms with Gasteiger partial charge in [-0.3, -0.25) is 0 Å². The molecule has 1 aromatic carbocycles. The maximum atomic E-state index is 9.05. The first-order chi connectivity index (χ1) is 6.50. The van der Waals surface area contributed by atoms with Crippen LogP contribution in [-0.2, 0) is 0 Å². The molecule has 0 aliphatic carbocycles. The summed E-state index contributed by atoms with van der Waals surface area (Å²) >= 11 is 0. The fourth-order valence-corrected chi connectivity index (χ4v) is 1.28. The van der Waals surface area contributed by atoms with Crippen molar-refractivity contribution in [2.45, 2.75) is 33.8 Å². The predicted octanol–water partition coefficient (Wildman–Crippen LogP) is 2.34. The van der Waals surface area contributed by atoms with E-state index in [0.29, 0.717) is 0 Å². The van der Waals surface area contributed by atoms with Crippen LogP contribution in [0.2, 0.25) is 0 Å². The van der Waals surface area contributed by atoms with E-state index in [4.69, 9.17) is 5.11 Å². The van der Waals surface area contributed by atoms with E-state index in [0.717, 1.165) is 5.56 Å². The van der Waals surface area contributed by atoms with Gasteiger partial charge in [-0.25, -0.2) is 0 Å². The van der Waals surface area contributed by atoms with Crippen LogP contribution in [0.5, 0.6) is 0 Å². The summed E-state index contributed by atoms with van der Waals surface area (Å²) in [6, 6.07) is 4.20. The molecule has 0 amide bonds. The smallest absolute Gasteiger partial charge is 0.112 e. The summed E-state index contributed by atoms with van der Waals surface area (Å²) < 4.78 is 0. The molecule has 1 atom stereocenters. The Morgan fingerprint density at radius 1 is 1.07 bits per heavy atom. The summed E-state index contributed by atoms with van der Waals surface area (Å²) in [6.45, 7) is 7.87. The van der Waals surface area contributed by atoms with Crippen LogP contribution in [0.25, 0.3) is 0 Å². The van der Waals surface area contributed by atoms with Crippen molar-refractivity contribution < 1.29 is 5.11 Å². The Bertz CT molecular complexity index is 392. The number of hydrogen-bond donors (Lipinski definition) is 1. The van der Waals surface area contributed by atoms with Crippen LogP contribution in [0.1, 0.15) is 29.2 Å². The molecule has 0 heterocycles. The minimum Gasteiger partial charge on any atom is -0.381 e. The largest absolute Gasteiger partial charge is 0.381 e. The minimum atomic E-state index is -0.559. The molecule has 0 aromatic heterocycles. The lowest BCUT2D eigenvalue weighted by molar-refractivity contribution is 0.253. The molecule has 1 heteroatoms. The van der Waals surface area contributed by atoms with Gasteiger partial charge in [0.25, 0.3) is 0 Å². The zero-order valence-electron chi connectivity index (χ0n) is 9.18. The van der Waals surface area contributed by atoms with Crippen LogP contribution in [-0.4, -0.2) is 11.2 Å². The Morgan fingerprint density at radius 2 is 1.64 bits per heavy atom. The van der Waals surface area contributed by atoms with Gasteiger partial charge in [0.15, 0.2) is 0 Å². The topological polar surface area (TPSA) is 20.2 Å². The first-order valence-electron chi connectivity index (χ1n) is 4.78. The second-order valence-electron chi connectivity index (χ2n) is 3.70. The molecule has 1 nitrogen and oxygen atoms in total. The van der Waals surface area contributed by atoms with Crippen molar-refractivity contribution in [2.24, 2.45) is 0 Å². The second-order valence-corrected chi connectivity index (χ2v) is 3.70. The Balaban J connectivity index is 3.12. The number of aryl methyl sites for hydroxylation is 3. The van der Waals surface area contributed by atoms with Crippen molar-refractivity contribution in [3.05, 3.63) is 34.4 Å². The van der Waals surface area contributed by atoms with Gasteiger partial charge in [-0.15, -0.1) is 0 Å². The number of aliphatic hydroxyl groups excluding tert-OH is 1. The first-order valence-corrected chi connectivity index (χ1v) is 4.78. The SMILES string of the molecule is Cc1cc(C)c(C#CC(C)O)cc1C. The fraction of sp³-hybridized carbons (Fsp3) is 0.385.